The lowest BCUT2D eigenvalue weighted by molar-refractivity contribution is 0.111. The molecule has 0 amide bonds. The molecule has 0 bridgehead atoms. The van der Waals surface area contributed by atoms with E-state index < -0.39 is 7.26 Å². The molecule has 0 saturated heterocycles. The molecule has 3 heteroatoms. The molecule has 4 aromatic rings. The fourth-order valence-electron chi connectivity index (χ4n) is 4.58. The van der Waals surface area contributed by atoms with Crippen LogP contribution in [0, 0.1) is 0 Å². The Hall–Kier alpha value is -3.22. The van der Waals surface area contributed by atoms with Crippen LogP contribution in [0.15, 0.2) is 115 Å². The molecule has 0 heterocycles. The van der Waals surface area contributed by atoms with Crippen LogP contribution in [0.25, 0.3) is 0 Å². The first-order valence-corrected chi connectivity index (χ1v) is 14.0. The quantitative estimate of drug-likeness (QED) is 0.136. The number of unbranched alkanes of at least 4 members (excludes halogenated alkanes) is 3. The molecule has 0 aromatic heterocycles. The van der Waals surface area contributed by atoms with E-state index in [9.17, 15) is 4.79 Å². The van der Waals surface area contributed by atoms with Crippen molar-refractivity contribution in [3.05, 3.63) is 121 Å². The molecule has 0 unspecified atom stereocenters. The molecule has 0 spiro atoms. The Morgan fingerprint density at radius 1 is 0.559 bits per heavy atom. The fraction of sp³-hybridized carbons (Fsp3) is 0.194. The van der Waals surface area contributed by atoms with Gasteiger partial charge >= 0.3 is 0 Å². The monoisotopic (exact) mass is 467 g/mol. The van der Waals surface area contributed by atoms with Crippen molar-refractivity contribution in [2.45, 2.75) is 25.7 Å². The van der Waals surface area contributed by atoms with Gasteiger partial charge in [0.25, 0.3) is 0 Å². The summed E-state index contributed by atoms with van der Waals surface area (Å²) in [6, 6.07) is 40.6. The third-order valence-corrected chi connectivity index (χ3v) is 10.8. The van der Waals surface area contributed by atoms with E-state index in [1.54, 1.807) is 6.07 Å². The molecule has 172 valence electrons. The minimum Gasteiger partial charge on any atom is -0.493 e. The van der Waals surface area contributed by atoms with Crippen molar-refractivity contribution in [2.24, 2.45) is 0 Å². The van der Waals surface area contributed by atoms with Crippen molar-refractivity contribution in [2.75, 3.05) is 12.8 Å². The first-order valence-electron chi connectivity index (χ1n) is 12.1. The standard InChI is InChI=1S/C31H32O2P/c32-26-27-16-12-13-23-31(27)33-24-14-1-2-15-25-34(28-17-6-3-7-18-28,29-19-8-4-9-20-29)30-21-10-5-11-22-30/h3-13,16-23,26H,1-2,14-15,24-25H2/q+1. The molecule has 4 aromatic carbocycles. The van der Waals surface area contributed by atoms with Crippen LogP contribution in [-0.4, -0.2) is 19.1 Å². The second kappa shape index (κ2) is 12.3. The second-order valence-corrected chi connectivity index (χ2v) is 12.1. The molecule has 0 fully saturated rings. The summed E-state index contributed by atoms with van der Waals surface area (Å²) in [7, 11) is -1.74. The zero-order valence-electron chi connectivity index (χ0n) is 19.6. The predicted molar refractivity (Wildman–Crippen MR) is 146 cm³/mol. The van der Waals surface area contributed by atoms with Crippen molar-refractivity contribution in [1.29, 1.82) is 0 Å². The minimum absolute atomic E-state index is 0.616. The van der Waals surface area contributed by atoms with E-state index in [1.165, 1.54) is 15.9 Å². The Morgan fingerprint density at radius 2 is 1.03 bits per heavy atom. The average Bonchev–Trinajstić information content (AvgIpc) is 2.92. The van der Waals surface area contributed by atoms with Crippen molar-refractivity contribution >= 4 is 29.5 Å². The highest BCUT2D eigenvalue weighted by Gasteiger charge is 2.44. The van der Waals surface area contributed by atoms with Crippen LogP contribution in [0.3, 0.4) is 0 Å². The molecule has 2 nitrogen and oxygen atoms in total. The zero-order valence-corrected chi connectivity index (χ0v) is 20.4. The van der Waals surface area contributed by atoms with E-state index >= 15 is 0 Å². The second-order valence-electron chi connectivity index (χ2n) is 8.46. The lowest BCUT2D eigenvalue weighted by Gasteiger charge is -2.27. The highest BCUT2D eigenvalue weighted by molar-refractivity contribution is 7.95. The number of carbonyl (C=O) groups excluding carboxylic acids is 1. The van der Waals surface area contributed by atoms with E-state index in [0.717, 1.165) is 38.1 Å². The lowest BCUT2D eigenvalue weighted by atomic mass is 10.2. The van der Waals surface area contributed by atoms with Gasteiger partial charge < -0.3 is 4.74 Å². The van der Waals surface area contributed by atoms with Gasteiger partial charge in [-0.05, 0) is 74.2 Å². The van der Waals surface area contributed by atoms with E-state index in [0.29, 0.717) is 17.9 Å². The summed E-state index contributed by atoms with van der Waals surface area (Å²) in [5, 5.41) is 4.34. The number of rotatable bonds is 12. The third kappa shape index (κ3) is 5.64. The maximum Gasteiger partial charge on any atom is 0.153 e. The Bertz CT molecular complexity index is 1050. The summed E-state index contributed by atoms with van der Waals surface area (Å²) in [5.41, 5.74) is 0.616. The maximum atomic E-state index is 11.2. The van der Waals surface area contributed by atoms with Crippen LogP contribution < -0.4 is 20.7 Å². The van der Waals surface area contributed by atoms with Gasteiger partial charge in [0, 0.05) is 0 Å². The summed E-state index contributed by atoms with van der Waals surface area (Å²) >= 11 is 0. The summed E-state index contributed by atoms with van der Waals surface area (Å²) in [6.07, 6.45) is 6.43. The summed E-state index contributed by atoms with van der Waals surface area (Å²) in [5.74, 6) is 0.680. The topological polar surface area (TPSA) is 26.3 Å². The summed E-state index contributed by atoms with van der Waals surface area (Å²) < 4.78 is 5.86. The Balaban J connectivity index is 1.45. The number of hydrogen-bond donors (Lipinski definition) is 0. The number of para-hydroxylation sites is 1. The number of benzene rings is 4. The highest BCUT2D eigenvalue weighted by atomic mass is 31.2. The van der Waals surface area contributed by atoms with Gasteiger partial charge in [-0.1, -0.05) is 66.7 Å². The van der Waals surface area contributed by atoms with Crippen molar-refractivity contribution in [3.8, 4) is 5.75 Å². The number of hydrogen-bond acceptors (Lipinski definition) is 2. The first kappa shape index (κ1) is 23.9. The van der Waals surface area contributed by atoms with Crippen molar-refractivity contribution in [3.63, 3.8) is 0 Å². The van der Waals surface area contributed by atoms with E-state index in [2.05, 4.69) is 91.0 Å². The highest BCUT2D eigenvalue weighted by Crippen LogP contribution is 2.55. The SMILES string of the molecule is O=Cc1ccccc1OCCCCCC[P+](c1ccccc1)(c1ccccc1)c1ccccc1. The van der Waals surface area contributed by atoms with Gasteiger partial charge in [0.15, 0.2) is 6.29 Å². The molecule has 0 N–H and O–H groups in total. The molecule has 0 aliphatic carbocycles. The molecular weight excluding hydrogens is 435 g/mol. The summed E-state index contributed by atoms with van der Waals surface area (Å²) in [6.45, 7) is 0.640. The van der Waals surface area contributed by atoms with Gasteiger partial charge in [-0.2, -0.15) is 0 Å². The maximum absolute atomic E-state index is 11.2. The molecule has 34 heavy (non-hydrogen) atoms. The molecule has 0 aliphatic heterocycles. The van der Waals surface area contributed by atoms with Crippen molar-refractivity contribution in [1.82, 2.24) is 0 Å². The van der Waals surface area contributed by atoms with Crippen molar-refractivity contribution < 1.29 is 9.53 Å². The van der Waals surface area contributed by atoms with Gasteiger partial charge in [-0.25, -0.2) is 0 Å². The Kier molecular flexibility index (Phi) is 8.65. The Morgan fingerprint density at radius 3 is 1.56 bits per heavy atom. The normalized spacial score (nSPS) is 11.2. The van der Waals surface area contributed by atoms with E-state index in [-0.39, 0.29) is 0 Å². The van der Waals surface area contributed by atoms with Gasteiger partial charge in [0.05, 0.1) is 18.3 Å². The van der Waals surface area contributed by atoms with Crippen LogP contribution in [-0.2, 0) is 0 Å². The molecule has 0 atom stereocenters. The molecule has 0 radical (unpaired) electrons. The van der Waals surface area contributed by atoms with E-state index in [1.807, 2.05) is 18.2 Å². The Labute approximate surface area is 204 Å². The average molecular weight is 468 g/mol. The molecular formula is C31H32O2P+. The van der Waals surface area contributed by atoms with Gasteiger partial charge in [-0.3, -0.25) is 4.79 Å². The predicted octanol–water partition coefficient (Wildman–Crippen LogP) is 6.43. The van der Waals surface area contributed by atoms with Crippen LogP contribution >= 0.6 is 7.26 Å². The minimum atomic E-state index is -1.74. The molecule has 0 saturated carbocycles. The van der Waals surface area contributed by atoms with Gasteiger partial charge in [0.1, 0.15) is 28.9 Å². The van der Waals surface area contributed by atoms with Crippen LogP contribution in [0.4, 0.5) is 0 Å². The smallest absolute Gasteiger partial charge is 0.153 e. The fourth-order valence-corrected chi connectivity index (χ4v) is 8.99. The third-order valence-electron chi connectivity index (χ3n) is 6.28. The first-order chi connectivity index (χ1) is 16.8. The van der Waals surface area contributed by atoms with Crippen LogP contribution in [0.1, 0.15) is 36.0 Å². The largest absolute Gasteiger partial charge is 0.493 e. The van der Waals surface area contributed by atoms with Crippen LogP contribution in [0.5, 0.6) is 5.75 Å². The van der Waals surface area contributed by atoms with E-state index in [4.69, 9.17) is 4.74 Å². The molecule has 0 aliphatic rings. The number of aldehydes is 1. The van der Waals surface area contributed by atoms with Gasteiger partial charge in [0.2, 0.25) is 0 Å². The molecule has 4 rings (SSSR count). The van der Waals surface area contributed by atoms with Crippen LogP contribution in [0.2, 0.25) is 0 Å². The summed E-state index contributed by atoms with van der Waals surface area (Å²) in [4.78, 5) is 11.2. The number of ether oxygens (including phenoxy) is 1. The number of carbonyl (C=O) groups is 1. The zero-order chi connectivity index (χ0) is 23.5. The lowest BCUT2D eigenvalue weighted by Crippen LogP contribution is -2.33. The van der Waals surface area contributed by atoms with Gasteiger partial charge in [-0.15, -0.1) is 0 Å².